The molecule has 1 amide bonds. The molecule has 1 aromatic rings. The highest BCUT2D eigenvalue weighted by atomic mass is 16.5. The van der Waals surface area contributed by atoms with Crippen LogP contribution in [0.25, 0.3) is 0 Å². The second kappa shape index (κ2) is 7.42. The van der Waals surface area contributed by atoms with Crippen LogP contribution in [0.2, 0.25) is 0 Å². The van der Waals surface area contributed by atoms with Gasteiger partial charge in [-0.15, -0.1) is 0 Å². The maximum atomic E-state index is 12.4. The zero-order valence-electron chi connectivity index (χ0n) is 14.0. The van der Waals surface area contributed by atoms with Crippen LogP contribution in [-0.2, 0) is 16.5 Å². The Balaban J connectivity index is 1.63. The van der Waals surface area contributed by atoms with Gasteiger partial charge in [-0.2, -0.15) is 5.10 Å². The second-order valence-electron chi connectivity index (χ2n) is 6.32. The van der Waals surface area contributed by atoms with E-state index >= 15 is 0 Å². The highest BCUT2D eigenvalue weighted by Gasteiger charge is 2.32. The van der Waals surface area contributed by atoms with Crippen molar-refractivity contribution in [3.8, 4) is 0 Å². The SMILES string of the molecule is Cc1c(C(=O)NCC(C2CCOC2)N2CCOCC2)cnn1C. The Morgan fingerprint density at radius 1 is 1.39 bits per heavy atom. The summed E-state index contributed by atoms with van der Waals surface area (Å²) in [4.78, 5) is 14.9. The van der Waals surface area contributed by atoms with Crippen LogP contribution >= 0.6 is 0 Å². The van der Waals surface area contributed by atoms with Gasteiger partial charge in [-0.3, -0.25) is 14.4 Å². The number of hydrogen-bond acceptors (Lipinski definition) is 5. The third kappa shape index (κ3) is 3.73. The number of aromatic nitrogens is 2. The van der Waals surface area contributed by atoms with Crippen LogP contribution in [0, 0.1) is 12.8 Å². The first-order valence-electron chi connectivity index (χ1n) is 8.33. The first-order valence-corrected chi connectivity index (χ1v) is 8.33. The summed E-state index contributed by atoms with van der Waals surface area (Å²) >= 11 is 0. The molecule has 7 heteroatoms. The normalized spacial score (nSPS) is 23.8. The molecule has 3 heterocycles. The van der Waals surface area contributed by atoms with E-state index in [2.05, 4.69) is 15.3 Å². The smallest absolute Gasteiger partial charge is 0.254 e. The Morgan fingerprint density at radius 3 is 2.78 bits per heavy atom. The summed E-state index contributed by atoms with van der Waals surface area (Å²) in [5.41, 5.74) is 1.53. The molecule has 0 radical (unpaired) electrons. The minimum atomic E-state index is -0.0484. The number of ether oxygens (including phenoxy) is 2. The number of aryl methyl sites for hydroxylation is 1. The van der Waals surface area contributed by atoms with Gasteiger partial charge in [0.25, 0.3) is 5.91 Å². The minimum Gasteiger partial charge on any atom is -0.381 e. The van der Waals surface area contributed by atoms with Crippen LogP contribution in [0.15, 0.2) is 6.20 Å². The average molecular weight is 322 g/mol. The van der Waals surface area contributed by atoms with Gasteiger partial charge in [0.05, 0.1) is 31.6 Å². The molecule has 2 aliphatic rings. The topological polar surface area (TPSA) is 68.6 Å². The van der Waals surface area contributed by atoms with Crippen LogP contribution in [-0.4, -0.2) is 72.7 Å². The number of amides is 1. The average Bonchev–Trinajstić information content (AvgIpc) is 3.20. The predicted molar refractivity (Wildman–Crippen MR) is 85.4 cm³/mol. The lowest BCUT2D eigenvalue weighted by Gasteiger charge is -2.37. The van der Waals surface area contributed by atoms with E-state index in [0.29, 0.717) is 24.1 Å². The Morgan fingerprint density at radius 2 is 2.17 bits per heavy atom. The zero-order chi connectivity index (χ0) is 16.2. The summed E-state index contributed by atoms with van der Waals surface area (Å²) in [7, 11) is 1.85. The fraction of sp³-hybridized carbons (Fsp3) is 0.750. The minimum absolute atomic E-state index is 0.0484. The van der Waals surface area contributed by atoms with E-state index in [1.54, 1.807) is 10.9 Å². The van der Waals surface area contributed by atoms with Crippen molar-refractivity contribution in [2.75, 3.05) is 46.1 Å². The number of nitrogens with one attached hydrogen (secondary N) is 1. The molecule has 3 rings (SSSR count). The van der Waals surface area contributed by atoms with Gasteiger partial charge in [-0.05, 0) is 13.3 Å². The Bertz CT molecular complexity index is 533. The van der Waals surface area contributed by atoms with E-state index in [0.717, 1.165) is 51.6 Å². The van der Waals surface area contributed by atoms with Gasteiger partial charge in [-0.1, -0.05) is 0 Å². The predicted octanol–water partition coefficient (Wildman–Crippen LogP) is 0.196. The standard InChI is InChI=1S/C16H26N4O3/c1-12-14(9-18-19(12)2)16(21)17-10-15(13-3-6-23-11-13)20-4-7-22-8-5-20/h9,13,15H,3-8,10-11H2,1-2H3,(H,17,21). The molecule has 2 fully saturated rings. The van der Waals surface area contributed by atoms with Crippen LogP contribution in [0.1, 0.15) is 22.5 Å². The summed E-state index contributed by atoms with van der Waals surface area (Å²) in [5.74, 6) is 0.427. The molecule has 0 aromatic carbocycles. The molecule has 7 nitrogen and oxygen atoms in total. The van der Waals surface area contributed by atoms with Crippen LogP contribution < -0.4 is 5.32 Å². The first-order chi connectivity index (χ1) is 11.2. The molecule has 23 heavy (non-hydrogen) atoms. The molecule has 2 unspecified atom stereocenters. The molecule has 0 aliphatic carbocycles. The van der Waals surface area contributed by atoms with Gasteiger partial charge in [0.1, 0.15) is 0 Å². The van der Waals surface area contributed by atoms with Gasteiger partial charge in [0.2, 0.25) is 0 Å². The molecule has 2 atom stereocenters. The van der Waals surface area contributed by atoms with Gasteiger partial charge >= 0.3 is 0 Å². The van der Waals surface area contributed by atoms with Crippen molar-refractivity contribution in [2.24, 2.45) is 13.0 Å². The van der Waals surface area contributed by atoms with Gasteiger partial charge in [0.15, 0.2) is 0 Å². The van der Waals surface area contributed by atoms with E-state index in [1.807, 2.05) is 14.0 Å². The summed E-state index contributed by atoms with van der Waals surface area (Å²) in [6.45, 7) is 7.52. The molecule has 0 spiro atoms. The van der Waals surface area contributed by atoms with Crippen LogP contribution in [0.3, 0.4) is 0 Å². The number of nitrogens with zero attached hydrogens (tertiary/aromatic N) is 3. The van der Waals surface area contributed by atoms with Crippen molar-refractivity contribution in [3.05, 3.63) is 17.5 Å². The lowest BCUT2D eigenvalue weighted by Crippen LogP contribution is -2.52. The first kappa shape index (κ1) is 16.4. The lowest BCUT2D eigenvalue weighted by atomic mass is 9.96. The monoisotopic (exact) mass is 322 g/mol. The zero-order valence-corrected chi connectivity index (χ0v) is 14.0. The molecule has 2 saturated heterocycles. The van der Waals surface area contributed by atoms with Gasteiger partial charge in [-0.25, -0.2) is 0 Å². The molecule has 1 N–H and O–H groups in total. The van der Waals surface area contributed by atoms with Crippen molar-refractivity contribution in [3.63, 3.8) is 0 Å². The molecule has 128 valence electrons. The van der Waals surface area contributed by atoms with Crippen molar-refractivity contribution in [2.45, 2.75) is 19.4 Å². The molecule has 1 aromatic heterocycles. The lowest BCUT2D eigenvalue weighted by molar-refractivity contribution is 0.00166. The highest BCUT2D eigenvalue weighted by Crippen LogP contribution is 2.22. The number of carbonyl (C=O) groups is 1. The maximum absolute atomic E-state index is 12.4. The largest absolute Gasteiger partial charge is 0.381 e. The van der Waals surface area contributed by atoms with Crippen LogP contribution in [0.4, 0.5) is 0 Å². The number of carbonyl (C=O) groups excluding carboxylic acids is 1. The van der Waals surface area contributed by atoms with E-state index in [1.165, 1.54) is 0 Å². The van der Waals surface area contributed by atoms with E-state index in [9.17, 15) is 4.79 Å². The summed E-state index contributed by atoms with van der Waals surface area (Å²) in [5, 5.41) is 7.24. The summed E-state index contributed by atoms with van der Waals surface area (Å²) in [6, 6.07) is 0.308. The van der Waals surface area contributed by atoms with Crippen molar-refractivity contribution in [1.82, 2.24) is 20.0 Å². The van der Waals surface area contributed by atoms with Gasteiger partial charge in [0, 0.05) is 50.9 Å². The second-order valence-corrected chi connectivity index (χ2v) is 6.32. The Kier molecular flexibility index (Phi) is 5.30. The Hall–Kier alpha value is -1.44. The van der Waals surface area contributed by atoms with E-state index in [4.69, 9.17) is 9.47 Å². The van der Waals surface area contributed by atoms with E-state index in [-0.39, 0.29) is 5.91 Å². The molecule has 2 aliphatic heterocycles. The number of hydrogen-bond donors (Lipinski definition) is 1. The molecule has 0 bridgehead atoms. The van der Waals surface area contributed by atoms with Crippen LogP contribution in [0.5, 0.6) is 0 Å². The molecule has 0 saturated carbocycles. The summed E-state index contributed by atoms with van der Waals surface area (Å²) < 4.78 is 12.7. The van der Waals surface area contributed by atoms with E-state index < -0.39 is 0 Å². The quantitative estimate of drug-likeness (QED) is 0.838. The third-order valence-electron chi connectivity index (χ3n) is 4.98. The fourth-order valence-corrected chi connectivity index (χ4v) is 3.37. The van der Waals surface area contributed by atoms with Gasteiger partial charge < -0.3 is 14.8 Å². The van der Waals surface area contributed by atoms with Crippen molar-refractivity contribution < 1.29 is 14.3 Å². The van der Waals surface area contributed by atoms with Crippen molar-refractivity contribution in [1.29, 1.82) is 0 Å². The highest BCUT2D eigenvalue weighted by molar-refractivity contribution is 5.95. The fourth-order valence-electron chi connectivity index (χ4n) is 3.37. The third-order valence-corrected chi connectivity index (χ3v) is 4.98. The molecular formula is C16H26N4O3. The van der Waals surface area contributed by atoms with Crippen molar-refractivity contribution >= 4 is 5.91 Å². The Labute approximate surface area is 136 Å². The molecular weight excluding hydrogens is 296 g/mol. The summed E-state index contributed by atoms with van der Waals surface area (Å²) in [6.07, 6.45) is 2.69. The number of morpholine rings is 1. The number of rotatable bonds is 5. The maximum Gasteiger partial charge on any atom is 0.254 e.